The average molecular weight is 528 g/mol. The number of sulfonamides is 2. The van der Waals surface area contributed by atoms with Crippen molar-refractivity contribution in [2.75, 3.05) is 21.0 Å². The van der Waals surface area contributed by atoms with E-state index in [2.05, 4.69) is 14.8 Å². The molecule has 0 aliphatic carbocycles. The number of benzene rings is 3. The lowest BCUT2D eigenvalue weighted by Gasteiger charge is -2.13. The smallest absolute Gasteiger partial charge is 0.261 e. The maximum Gasteiger partial charge on any atom is 0.261 e. The molecule has 0 fully saturated rings. The zero-order valence-corrected chi connectivity index (χ0v) is 20.5. The normalized spacial score (nSPS) is 11.6. The Hall–Kier alpha value is -2.79. The van der Waals surface area contributed by atoms with Crippen LogP contribution < -0.4 is 14.8 Å². The Balaban J connectivity index is 1.77. The third kappa shape index (κ3) is 6.61. The minimum Gasteiger partial charge on any atom is -0.322 e. The summed E-state index contributed by atoms with van der Waals surface area (Å²) in [6, 6.07) is 14.5. The molecule has 0 radical (unpaired) electrons. The van der Waals surface area contributed by atoms with Crippen molar-refractivity contribution in [3.63, 3.8) is 0 Å². The van der Waals surface area contributed by atoms with Gasteiger partial charge in [0.25, 0.3) is 15.9 Å². The van der Waals surface area contributed by atoms with E-state index >= 15 is 0 Å². The standard InChI is InChI=1S/C21H19Cl2N3O5S2/c1-13-19(4-3-5-20(13)26-32(2,28)29)21(27)24-16-6-8-18(9-7-16)33(30,31)25-17-11-14(22)10-15(23)12-17/h3-12,25-26H,1-2H3,(H,24,27). The Morgan fingerprint density at radius 3 is 2.00 bits per heavy atom. The van der Waals surface area contributed by atoms with E-state index in [1.54, 1.807) is 25.1 Å². The van der Waals surface area contributed by atoms with Crippen LogP contribution in [0.1, 0.15) is 15.9 Å². The molecule has 3 rings (SSSR count). The minimum atomic E-state index is -3.92. The molecule has 3 N–H and O–H groups in total. The molecule has 0 aliphatic rings. The number of rotatable bonds is 7. The van der Waals surface area contributed by atoms with E-state index < -0.39 is 26.0 Å². The van der Waals surface area contributed by atoms with Gasteiger partial charge in [-0.1, -0.05) is 29.3 Å². The van der Waals surface area contributed by atoms with Crippen molar-refractivity contribution >= 4 is 66.2 Å². The molecule has 1 amide bonds. The Kier molecular flexibility index (Phi) is 7.23. The largest absolute Gasteiger partial charge is 0.322 e. The second kappa shape index (κ2) is 9.60. The number of nitrogens with one attached hydrogen (secondary N) is 3. The first-order valence-electron chi connectivity index (χ1n) is 9.32. The SMILES string of the molecule is Cc1c(NS(C)(=O)=O)cccc1C(=O)Nc1ccc(S(=O)(=O)Nc2cc(Cl)cc(Cl)c2)cc1. The quantitative estimate of drug-likeness (QED) is 0.410. The second-order valence-corrected chi connectivity index (χ2v) is 11.4. The van der Waals surface area contributed by atoms with Gasteiger partial charge in [-0.05, 0) is 67.1 Å². The summed E-state index contributed by atoms with van der Waals surface area (Å²) in [4.78, 5) is 12.7. The fraction of sp³-hybridized carbons (Fsp3) is 0.0952. The van der Waals surface area contributed by atoms with Gasteiger partial charge in [-0.25, -0.2) is 16.8 Å². The zero-order chi connectivity index (χ0) is 24.4. The molecule has 0 saturated heterocycles. The van der Waals surface area contributed by atoms with E-state index in [0.29, 0.717) is 16.9 Å². The summed E-state index contributed by atoms with van der Waals surface area (Å²) in [5, 5.41) is 3.23. The third-order valence-electron chi connectivity index (χ3n) is 4.41. The van der Waals surface area contributed by atoms with Gasteiger partial charge in [0.15, 0.2) is 0 Å². The first-order chi connectivity index (χ1) is 15.3. The summed E-state index contributed by atoms with van der Waals surface area (Å²) >= 11 is 11.8. The summed E-state index contributed by atoms with van der Waals surface area (Å²) in [5.74, 6) is -0.480. The van der Waals surface area contributed by atoms with Crippen LogP contribution in [0, 0.1) is 6.92 Å². The lowest BCUT2D eigenvalue weighted by molar-refractivity contribution is 0.102. The van der Waals surface area contributed by atoms with Gasteiger partial charge >= 0.3 is 0 Å². The maximum atomic E-state index is 12.7. The van der Waals surface area contributed by atoms with Crippen molar-refractivity contribution in [1.29, 1.82) is 0 Å². The van der Waals surface area contributed by atoms with Gasteiger partial charge in [0.2, 0.25) is 10.0 Å². The average Bonchev–Trinajstić information content (AvgIpc) is 2.67. The summed E-state index contributed by atoms with van der Waals surface area (Å²) in [6.07, 6.45) is 1.02. The van der Waals surface area contributed by atoms with Crippen LogP contribution in [0.3, 0.4) is 0 Å². The molecular formula is C21H19Cl2N3O5S2. The summed E-state index contributed by atoms with van der Waals surface area (Å²) in [5.41, 5.74) is 1.57. The molecule has 8 nitrogen and oxygen atoms in total. The van der Waals surface area contributed by atoms with E-state index in [-0.39, 0.29) is 26.2 Å². The third-order valence-corrected chi connectivity index (χ3v) is 6.84. The molecule has 0 aliphatic heterocycles. The van der Waals surface area contributed by atoms with E-state index in [1.807, 2.05) is 0 Å². The van der Waals surface area contributed by atoms with Crippen LogP contribution >= 0.6 is 23.2 Å². The lowest BCUT2D eigenvalue weighted by atomic mass is 10.1. The van der Waals surface area contributed by atoms with Crippen LogP contribution in [0.4, 0.5) is 17.1 Å². The summed E-state index contributed by atoms with van der Waals surface area (Å²) in [6.45, 7) is 1.62. The van der Waals surface area contributed by atoms with E-state index in [4.69, 9.17) is 23.2 Å². The molecule has 0 spiro atoms. The van der Waals surface area contributed by atoms with Crippen molar-refractivity contribution in [1.82, 2.24) is 0 Å². The topological polar surface area (TPSA) is 121 Å². The van der Waals surface area contributed by atoms with Crippen LogP contribution in [-0.4, -0.2) is 29.0 Å². The fourth-order valence-corrected chi connectivity index (χ4v) is 5.12. The Bertz CT molecular complexity index is 1400. The van der Waals surface area contributed by atoms with Crippen molar-refractivity contribution in [3.05, 3.63) is 81.8 Å². The summed E-state index contributed by atoms with van der Waals surface area (Å²) in [7, 11) is -7.43. The van der Waals surface area contributed by atoms with Gasteiger partial charge < -0.3 is 5.32 Å². The number of hydrogen-bond donors (Lipinski definition) is 3. The first-order valence-corrected chi connectivity index (χ1v) is 13.4. The molecule has 3 aromatic carbocycles. The van der Waals surface area contributed by atoms with Gasteiger partial charge in [-0.3, -0.25) is 14.2 Å². The lowest BCUT2D eigenvalue weighted by Crippen LogP contribution is -2.16. The number of carbonyl (C=O) groups is 1. The Labute approximate surface area is 202 Å². The highest BCUT2D eigenvalue weighted by Crippen LogP contribution is 2.26. The molecule has 0 aromatic heterocycles. The predicted octanol–water partition coefficient (Wildman–Crippen LogP) is 4.73. The van der Waals surface area contributed by atoms with Crippen LogP contribution in [0.25, 0.3) is 0 Å². The number of hydrogen-bond acceptors (Lipinski definition) is 5. The van der Waals surface area contributed by atoms with Crippen molar-refractivity contribution < 1.29 is 21.6 Å². The minimum absolute atomic E-state index is 0.0351. The highest BCUT2D eigenvalue weighted by molar-refractivity contribution is 7.92. The number of anilines is 3. The van der Waals surface area contributed by atoms with Crippen LogP contribution in [0.5, 0.6) is 0 Å². The maximum absolute atomic E-state index is 12.7. The van der Waals surface area contributed by atoms with Crippen molar-refractivity contribution in [2.24, 2.45) is 0 Å². The van der Waals surface area contributed by atoms with E-state index in [0.717, 1.165) is 6.26 Å². The highest BCUT2D eigenvalue weighted by atomic mass is 35.5. The number of halogens is 2. The van der Waals surface area contributed by atoms with E-state index in [1.165, 1.54) is 42.5 Å². The second-order valence-electron chi connectivity index (χ2n) is 7.09. The van der Waals surface area contributed by atoms with Crippen molar-refractivity contribution in [2.45, 2.75) is 11.8 Å². The van der Waals surface area contributed by atoms with Gasteiger partial charge in [0.1, 0.15) is 0 Å². The van der Waals surface area contributed by atoms with Gasteiger partial charge in [0.05, 0.1) is 22.5 Å². The van der Waals surface area contributed by atoms with Gasteiger partial charge in [0, 0.05) is 21.3 Å². The zero-order valence-electron chi connectivity index (χ0n) is 17.4. The van der Waals surface area contributed by atoms with Gasteiger partial charge in [-0.15, -0.1) is 0 Å². The van der Waals surface area contributed by atoms with Crippen LogP contribution in [0.2, 0.25) is 10.0 Å². The Morgan fingerprint density at radius 1 is 0.818 bits per heavy atom. The van der Waals surface area contributed by atoms with Crippen LogP contribution in [0.15, 0.2) is 65.6 Å². The number of carbonyl (C=O) groups excluding carboxylic acids is 1. The molecule has 0 saturated carbocycles. The first kappa shape index (κ1) is 24.8. The fourth-order valence-electron chi connectivity index (χ4n) is 2.93. The molecule has 0 atom stereocenters. The van der Waals surface area contributed by atoms with Crippen molar-refractivity contribution in [3.8, 4) is 0 Å². The predicted molar refractivity (Wildman–Crippen MR) is 131 cm³/mol. The molecule has 3 aromatic rings. The molecule has 0 bridgehead atoms. The molecule has 12 heteroatoms. The molecular weight excluding hydrogens is 509 g/mol. The molecule has 0 heterocycles. The number of amides is 1. The summed E-state index contributed by atoms with van der Waals surface area (Å²) < 4.78 is 53.0. The van der Waals surface area contributed by atoms with Crippen LogP contribution in [-0.2, 0) is 20.0 Å². The molecule has 0 unspecified atom stereocenters. The highest BCUT2D eigenvalue weighted by Gasteiger charge is 2.17. The molecule has 33 heavy (non-hydrogen) atoms. The monoisotopic (exact) mass is 527 g/mol. The van der Waals surface area contributed by atoms with Gasteiger partial charge in [-0.2, -0.15) is 0 Å². The van der Waals surface area contributed by atoms with E-state index in [9.17, 15) is 21.6 Å². The molecule has 174 valence electrons. The Morgan fingerprint density at radius 2 is 1.42 bits per heavy atom.